The van der Waals surface area contributed by atoms with Crippen molar-refractivity contribution in [3.05, 3.63) is 88.1 Å². The zero-order chi connectivity index (χ0) is 17.2. The molecule has 1 atom stereocenters. The molecule has 3 nitrogen and oxygen atoms in total. The van der Waals surface area contributed by atoms with Crippen molar-refractivity contribution in [3.8, 4) is 0 Å². The van der Waals surface area contributed by atoms with E-state index >= 15 is 0 Å². The molecule has 0 aliphatic heterocycles. The first kappa shape index (κ1) is 16.8. The van der Waals surface area contributed by atoms with Gasteiger partial charge in [0, 0.05) is 10.9 Å². The number of benzene rings is 2. The fourth-order valence-corrected chi connectivity index (χ4v) is 4.42. The van der Waals surface area contributed by atoms with Crippen LogP contribution in [-0.2, 0) is 10.0 Å². The van der Waals surface area contributed by atoms with Gasteiger partial charge in [0.05, 0.1) is 10.9 Å². The lowest BCUT2D eigenvalue weighted by Gasteiger charge is -2.18. The second-order valence-corrected chi connectivity index (χ2v) is 7.78. The van der Waals surface area contributed by atoms with Gasteiger partial charge in [-0.25, -0.2) is 17.2 Å². The average molecular weight is 365 g/mol. The van der Waals surface area contributed by atoms with Crippen LogP contribution in [0.5, 0.6) is 0 Å². The molecule has 0 fully saturated rings. The third-order valence-electron chi connectivity index (χ3n) is 3.38. The number of thiophene rings is 1. The second-order valence-electron chi connectivity index (χ2n) is 5.09. The maximum atomic E-state index is 13.4. The van der Waals surface area contributed by atoms with E-state index in [1.165, 1.54) is 11.3 Å². The van der Waals surface area contributed by atoms with E-state index in [9.17, 15) is 17.2 Å². The molecule has 0 bridgehead atoms. The van der Waals surface area contributed by atoms with Crippen molar-refractivity contribution in [1.82, 2.24) is 4.72 Å². The van der Waals surface area contributed by atoms with Gasteiger partial charge in [-0.2, -0.15) is 4.72 Å². The molecule has 0 saturated heterocycles. The van der Waals surface area contributed by atoms with Crippen LogP contribution in [0.1, 0.15) is 16.5 Å². The van der Waals surface area contributed by atoms with E-state index in [0.29, 0.717) is 6.07 Å². The number of hydrogen-bond donors (Lipinski definition) is 1. The first-order valence-corrected chi connectivity index (χ1v) is 9.39. The molecule has 1 N–H and O–H groups in total. The molecular formula is C17H13F2NO2S2. The van der Waals surface area contributed by atoms with Crippen molar-refractivity contribution in [2.24, 2.45) is 0 Å². The Morgan fingerprint density at radius 2 is 1.58 bits per heavy atom. The molecule has 7 heteroatoms. The normalized spacial score (nSPS) is 12.9. The van der Waals surface area contributed by atoms with Crippen LogP contribution in [0.15, 0.2) is 70.9 Å². The Morgan fingerprint density at radius 3 is 2.17 bits per heavy atom. The number of sulfonamides is 1. The van der Waals surface area contributed by atoms with E-state index in [1.807, 2.05) is 17.5 Å². The van der Waals surface area contributed by atoms with Crippen LogP contribution in [0, 0.1) is 11.6 Å². The second kappa shape index (κ2) is 6.80. The number of halogens is 2. The van der Waals surface area contributed by atoms with Crippen LogP contribution in [-0.4, -0.2) is 8.42 Å². The highest BCUT2D eigenvalue weighted by atomic mass is 32.2. The van der Waals surface area contributed by atoms with Crippen molar-refractivity contribution in [3.63, 3.8) is 0 Å². The Labute approximate surface area is 142 Å². The summed E-state index contributed by atoms with van der Waals surface area (Å²) in [5.74, 6) is -1.88. The largest absolute Gasteiger partial charge is 0.241 e. The van der Waals surface area contributed by atoms with Gasteiger partial charge in [0.2, 0.25) is 10.0 Å². The van der Waals surface area contributed by atoms with Crippen molar-refractivity contribution >= 4 is 21.4 Å². The molecule has 0 saturated carbocycles. The lowest BCUT2D eigenvalue weighted by Crippen LogP contribution is -2.29. The quantitative estimate of drug-likeness (QED) is 0.740. The highest BCUT2D eigenvalue weighted by Gasteiger charge is 2.24. The summed E-state index contributed by atoms with van der Waals surface area (Å²) in [7, 11) is -4.10. The minimum absolute atomic E-state index is 0.447. The topological polar surface area (TPSA) is 46.2 Å². The lowest BCUT2D eigenvalue weighted by atomic mass is 10.1. The molecule has 0 amide bonds. The summed E-state index contributed by atoms with van der Waals surface area (Å²) in [5.41, 5.74) is 0.736. The van der Waals surface area contributed by atoms with Gasteiger partial charge >= 0.3 is 0 Å². The van der Waals surface area contributed by atoms with Crippen LogP contribution < -0.4 is 4.72 Å². The van der Waals surface area contributed by atoms with E-state index in [2.05, 4.69) is 4.72 Å². The predicted octanol–water partition coefficient (Wildman–Crippen LogP) is 4.09. The summed E-state index contributed by atoms with van der Waals surface area (Å²) in [6.45, 7) is 0. The van der Waals surface area contributed by atoms with Gasteiger partial charge in [0.25, 0.3) is 0 Å². The molecule has 3 aromatic rings. The molecule has 0 aliphatic carbocycles. The fraction of sp³-hybridized carbons (Fsp3) is 0.0588. The van der Waals surface area contributed by atoms with E-state index in [-0.39, 0.29) is 0 Å². The molecule has 3 rings (SSSR count). The summed E-state index contributed by atoms with van der Waals surface area (Å²) in [4.78, 5) is 0.333. The van der Waals surface area contributed by atoms with Gasteiger partial charge in [-0.1, -0.05) is 36.4 Å². The molecule has 1 heterocycles. The summed E-state index contributed by atoms with van der Waals surface area (Å²) in [5, 5.41) is 1.83. The first-order chi connectivity index (χ1) is 11.5. The third kappa shape index (κ3) is 3.69. The Morgan fingerprint density at radius 1 is 0.917 bits per heavy atom. The van der Waals surface area contributed by atoms with E-state index in [0.717, 1.165) is 22.6 Å². The Bertz CT molecular complexity index is 906. The summed E-state index contributed by atoms with van der Waals surface area (Å²) >= 11 is 1.39. The molecule has 0 unspecified atom stereocenters. The first-order valence-electron chi connectivity index (χ1n) is 7.02. The van der Waals surface area contributed by atoms with Crippen molar-refractivity contribution < 1.29 is 17.2 Å². The van der Waals surface area contributed by atoms with E-state index < -0.39 is 32.6 Å². The smallest absolute Gasteiger partial charge is 0.207 e. The summed E-state index contributed by atoms with van der Waals surface area (Å²) < 4.78 is 54.4. The van der Waals surface area contributed by atoms with E-state index in [4.69, 9.17) is 0 Å². The molecule has 2 aromatic carbocycles. The van der Waals surface area contributed by atoms with Crippen molar-refractivity contribution in [2.75, 3.05) is 0 Å². The van der Waals surface area contributed by atoms with Gasteiger partial charge in [-0.3, -0.25) is 0 Å². The zero-order valence-electron chi connectivity index (χ0n) is 12.3. The lowest BCUT2D eigenvalue weighted by molar-refractivity contribution is 0.557. The van der Waals surface area contributed by atoms with Gasteiger partial charge in [-0.05, 0) is 29.1 Å². The Hall–Kier alpha value is -2.09. The van der Waals surface area contributed by atoms with Crippen LogP contribution >= 0.6 is 11.3 Å². The standard InChI is InChI=1S/C17H13F2NO2S2/c18-13-9-14(19)11-15(10-13)24(21,22)20-17(16-7-4-8-23-16)12-5-2-1-3-6-12/h1-11,17,20H/t17-/m1/s1. The molecule has 0 spiro atoms. The average Bonchev–Trinajstić information content (AvgIpc) is 3.07. The maximum absolute atomic E-state index is 13.4. The van der Waals surface area contributed by atoms with Crippen LogP contribution in [0.3, 0.4) is 0 Å². The maximum Gasteiger partial charge on any atom is 0.241 e. The SMILES string of the molecule is O=S(=O)(N[C@H](c1ccccc1)c1cccs1)c1cc(F)cc(F)c1. The van der Waals surface area contributed by atoms with Crippen LogP contribution in [0.25, 0.3) is 0 Å². The van der Waals surface area contributed by atoms with Crippen molar-refractivity contribution in [2.45, 2.75) is 10.9 Å². The van der Waals surface area contributed by atoms with Crippen molar-refractivity contribution in [1.29, 1.82) is 0 Å². The van der Waals surface area contributed by atoms with Gasteiger partial charge in [-0.15, -0.1) is 11.3 Å². The molecule has 24 heavy (non-hydrogen) atoms. The van der Waals surface area contributed by atoms with Gasteiger partial charge < -0.3 is 0 Å². The molecule has 1 aromatic heterocycles. The highest BCUT2D eigenvalue weighted by molar-refractivity contribution is 7.89. The van der Waals surface area contributed by atoms with Crippen LogP contribution in [0.2, 0.25) is 0 Å². The molecule has 124 valence electrons. The van der Waals surface area contributed by atoms with Crippen LogP contribution in [0.4, 0.5) is 8.78 Å². The number of rotatable bonds is 5. The third-order valence-corrected chi connectivity index (χ3v) is 5.72. The Kier molecular flexibility index (Phi) is 4.75. The molecule has 0 aliphatic rings. The monoisotopic (exact) mass is 365 g/mol. The number of nitrogens with one attached hydrogen (secondary N) is 1. The van der Waals surface area contributed by atoms with Gasteiger partial charge in [0.1, 0.15) is 11.6 Å². The zero-order valence-corrected chi connectivity index (χ0v) is 14.0. The van der Waals surface area contributed by atoms with Gasteiger partial charge in [0.15, 0.2) is 0 Å². The molecular weight excluding hydrogens is 352 g/mol. The van der Waals surface area contributed by atoms with E-state index in [1.54, 1.807) is 30.3 Å². The highest BCUT2D eigenvalue weighted by Crippen LogP contribution is 2.28. The number of hydrogen-bond acceptors (Lipinski definition) is 3. The Balaban J connectivity index is 2.01. The summed E-state index contributed by atoms with van der Waals surface area (Å²) in [6.07, 6.45) is 0. The molecule has 0 radical (unpaired) electrons. The fourth-order valence-electron chi connectivity index (χ4n) is 2.30. The minimum atomic E-state index is -4.10. The predicted molar refractivity (Wildman–Crippen MR) is 89.3 cm³/mol. The minimum Gasteiger partial charge on any atom is -0.207 e. The summed E-state index contributed by atoms with van der Waals surface area (Å²) in [6, 6.07) is 14.2.